The first-order valence-corrected chi connectivity index (χ1v) is 9.56. The second-order valence-electron chi connectivity index (χ2n) is 7.31. The predicted octanol–water partition coefficient (Wildman–Crippen LogP) is 4.03. The molecular weight excluding hydrogens is 350 g/mol. The van der Waals surface area contributed by atoms with E-state index in [0.717, 1.165) is 41.9 Å². The third kappa shape index (κ3) is 2.87. The molecule has 1 N–H and O–H groups in total. The number of imidazole rings is 1. The van der Waals surface area contributed by atoms with E-state index in [-0.39, 0.29) is 11.9 Å². The highest BCUT2D eigenvalue weighted by Crippen LogP contribution is 2.32. The number of H-pyrrole nitrogens is 1. The molecule has 2 aromatic carbocycles. The Hall–Kier alpha value is -3.41. The molecule has 1 aliphatic rings. The molecule has 3 heterocycles. The normalized spacial score (nSPS) is 16.8. The highest BCUT2D eigenvalue weighted by Gasteiger charge is 2.33. The van der Waals surface area contributed by atoms with Crippen LogP contribution in [0.3, 0.4) is 0 Å². The van der Waals surface area contributed by atoms with E-state index >= 15 is 0 Å². The molecule has 1 aliphatic heterocycles. The van der Waals surface area contributed by atoms with E-state index in [4.69, 9.17) is 4.98 Å². The second-order valence-corrected chi connectivity index (χ2v) is 7.31. The van der Waals surface area contributed by atoms with Crippen molar-refractivity contribution in [3.05, 3.63) is 77.9 Å². The number of hydrogen-bond donors (Lipinski definition) is 1. The molecule has 4 aromatic rings. The van der Waals surface area contributed by atoms with E-state index in [0.29, 0.717) is 5.56 Å². The fourth-order valence-corrected chi connectivity index (χ4v) is 3.92. The maximum atomic E-state index is 13.2. The topological polar surface area (TPSA) is 66.8 Å². The van der Waals surface area contributed by atoms with Gasteiger partial charge in [-0.05, 0) is 49.6 Å². The number of aryl methyl sites for hydroxylation is 1. The fourth-order valence-electron chi connectivity index (χ4n) is 3.92. The Labute approximate surface area is 162 Å². The molecule has 0 saturated carbocycles. The van der Waals surface area contributed by atoms with Gasteiger partial charge in [-0.2, -0.15) is 5.10 Å². The Morgan fingerprint density at radius 2 is 2.04 bits per heavy atom. The van der Waals surface area contributed by atoms with Gasteiger partial charge >= 0.3 is 0 Å². The highest BCUT2D eigenvalue weighted by molar-refractivity contribution is 5.94. The monoisotopic (exact) mass is 371 g/mol. The summed E-state index contributed by atoms with van der Waals surface area (Å²) in [4.78, 5) is 23.3. The smallest absolute Gasteiger partial charge is 0.257 e. The number of aromatic nitrogens is 4. The van der Waals surface area contributed by atoms with Crippen LogP contribution in [0.2, 0.25) is 0 Å². The quantitative estimate of drug-likeness (QED) is 0.591. The first kappa shape index (κ1) is 16.7. The van der Waals surface area contributed by atoms with Gasteiger partial charge in [-0.3, -0.25) is 4.79 Å². The van der Waals surface area contributed by atoms with Gasteiger partial charge in [0.05, 0.1) is 34.5 Å². The molecule has 5 rings (SSSR count). The summed E-state index contributed by atoms with van der Waals surface area (Å²) in [5, 5.41) is 4.37. The van der Waals surface area contributed by atoms with Crippen LogP contribution in [0, 0.1) is 6.92 Å². The number of benzene rings is 2. The molecule has 0 spiro atoms. The maximum Gasteiger partial charge on any atom is 0.257 e. The molecule has 0 bridgehead atoms. The summed E-state index contributed by atoms with van der Waals surface area (Å²) in [6, 6.07) is 16.0. The minimum absolute atomic E-state index is 0.00122. The minimum Gasteiger partial charge on any atom is -0.340 e. The van der Waals surface area contributed by atoms with Crippen molar-refractivity contribution in [2.75, 3.05) is 6.54 Å². The summed E-state index contributed by atoms with van der Waals surface area (Å²) in [5.74, 6) is 0.864. The molecule has 1 unspecified atom stereocenters. The Balaban J connectivity index is 1.43. The Morgan fingerprint density at radius 3 is 2.89 bits per heavy atom. The number of fused-ring (bicyclic) bond motifs is 1. The summed E-state index contributed by atoms with van der Waals surface area (Å²) >= 11 is 0. The van der Waals surface area contributed by atoms with Crippen molar-refractivity contribution >= 4 is 16.9 Å². The summed E-state index contributed by atoms with van der Waals surface area (Å²) in [6.07, 6.45) is 5.33. The largest absolute Gasteiger partial charge is 0.340 e. The lowest BCUT2D eigenvalue weighted by atomic mass is 10.2. The van der Waals surface area contributed by atoms with E-state index in [2.05, 4.69) is 29.1 Å². The van der Waals surface area contributed by atoms with Crippen LogP contribution in [0.15, 0.2) is 60.9 Å². The second kappa shape index (κ2) is 6.64. The summed E-state index contributed by atoms with van der Waals surface area (Å²) in [7, 11) is 0. The number of nitrogens with zero attached hydrogens (tertiary/aromatic N) is 4. The number of carbonyl (C=O) groups is 1. The van der Waals surface area contributed by atoms with Gasteiger partial charge in [0.1, 0.15) is 5.82 Å². The molecule has 0 aliphatic carbocycles. The lowest BCUT2D eigenvalue weighted by Crippen LogP contribution is -2.30. The predicted molar refractivity (Wildman–Crippen MR) is 107 cm³/mol. The third-order valence-electron chi connectivity index (χ3n) is 5.34. The van der Waals surface area contributed by atoms with E-state index < -0.39 is 0 Å². The van der Waals surface area contributed by atoms with E-state index in [1.54, 1.807) is 17.1 Å². The molecule has 140 valence electrons. The number of amides is 1. The van der Waals surface area contributed by atoms with Crippen LogP contribution in [0.1, 0.15) is 40.6 Å². The molecule has 0 radical (unpaired) electrons. The highest BCUT2D eigenvalue weighted by atomic mass is 16.2. The van der Waals surface area contributed by atoms with Gasteiger partial charge < -0.3 is 9.88 Å². The molecule has 28 heavy (non-hydrogen) atoms. The summed E-state index contributed by atoms with van der Waals surface area (Å²) in [5.41, 5.74) is 4.69. The van der Waals surface area contributed by atoms with Crippen molar-refractivity contribution < 1.29 is 4.79 Å². The first-order chi connectivity index (χ1) is 13.7. The van der Waals surface area contributed by atoms with E-state index in [9.17, 15) is 4.79 Å². The fraction of sp³-hybridized carbons (Fsp3) is 0.227. The molecule has 1 atom stereocenters. The van der Waals surface area contributed by atoms with Crippen LogP contribution in [-0.4, -0.2) is 37.1 Å². The molecular formula is C22H21N5O. The van der Waals surface area contributed by atoms with Gasteiger partial charge in [-0.1, -0.05) is 24.3 Å². The van der Waals surface area contributed by atoms with Crippen LogP contribution >= 0.6 is 0 Å². The standard InChI is InChI=1S/C22H21N5O/c1-15-9-10-18-19(12-15)25-21(24-18)20-8-5-11-26(20)22(28)16-13-23-27(14-16)17-6-3-2-4-7-17/h2-4,6-7,9-10,12-14,20H,5,8,11H2,1H3,(H,24,25). The van der Waals surface area contributed by atoms with Crippen molar-refractivity contribution in [3.8, 4) is 5.69 Å². The van der Waals surface area contributed by atoms with Crippen molar-refractivity contribution in [2.24, 2.45) is 0 Å². The van der Waals surface area contributed by atoms with Crippen molar-refractivity contribution in [3.63, 3.8) is 0 Å². The van der Waals surface area contributed by atoms with Crippen LogP contribution in [0.25, 0.3) is 16.7 Å². The van der Waals surface area contributed by atoms with E-state index in [1.165, 1.54) is 5.56 Å². The van der Waals surface area contributed by atoms with Crippen LogP contribution < -0.4 is 0 Å². The van der Waals surface area contributed by atoms with E-state index in [1.807, 2.05) is 41.3 Å². The van der Waals surface area contributed by atoms with Gasteiger partial charge in [0.15, 0.2) is 0 Å². The molecule has 6 heteroatoms. The van der Waals surface area contributed by atoms with Crippen LogP contribution in [-0.2, 0) is 0 Å². The number of aromatic amines is 1. The number of carbonyl (C=O) groups excluding carboxylic acids is 1. The number of para-hydroxylation sites is 1. The van der Waals surface area contributed by atoms with Gasteiger partial charge in [0, 0.05) is 12.7 Å². The zero-order chi connectivity index (χ0) is 19.1. The lowest BCUT2D eigenvalue weighted by molar-refractivity contribution is 0.0730. The summed E-state index contributed by atoms with van der Waals surface area (Å²) in [6.45, 7) is 2.80. The molecule has 1 amide bonds. The molecule has 2 aromatic heterocycles. The van der Waals surface area contributed by atoms with Crippen LogP contribution in [0.4, 0.5) is 0 Å². The molecule has 6 nitrogen and oxygen atoms in total. The van der Waals surface area contributed by atoms with Gasteiger partial charge in [-0.25, -0.2) is 9.67 Å². The number of hydrogen-bond acceptors (Lipinski definition) is 3. The molecule has 1 fully saturated rings. The summed E-state index contributed by atoms with van der Waals surface area (Å²) < 4.78 is 1.74. The van der Waals surface area contributed by atoms with Gasteiger partial charge in [-0.15, -0.1) is 0 Å². The van der Waals surface area contributed by atoms with Crippen molar-refractivity contribution in [2.45, 2.75) is 25.8 Å². The SMILES string of the molecule is Cc1ccc2nc(C3CCCN3C(=O)c3cnn(-c4ccccc4)c3)[nH]c2c1. The zero-order valence-corrected chi connectivity index (χ0v) is 15.7. The Kier molecular flexibility index (Phi) is 3.97. The van der Waals surface area contributed by atoms with Crippen molar-refractivity contribution in [1.82, 2.24) is 24.6 Å². The number of rotatable bonds is 3. The van der Waals surface area contributed by atoms with Gasteiger partial charge in [0.25, 0.3) is 5.91 Å². The van der Waals surface area contributed by atoms with Gasteiger partial charge in [0.2, 0.25) is 0 Å². The Morgan fingerprint density at radius 1 is 1.18 bits per heavy atom. The van der Waals surface area contributed by atoms with Crippen LogP contribution in [0.5, 0.6) is 0 Å². The minimum atomic E-state index is -0.0275. The first-order valence-electron chi connectivity index (χ1n) is 9.56. The zero-order valence-electron chi connectivity index (χ0n) is 15.7. The average molecular weight is 371 g/mol. The number of likely N-dealkylation sites (tertiary alicyclic amines) is 1. The lowest BCUT2D eigenvalue weighted by Gasteiger charge is -2.22. The van der Waals surface area contributed by atoms with Crippen molar-refractivity contribution in [1.29, 1.82) is 0 Å². The maximum absolute atomic E-state index is 13.2. The number of nitrogens with one attached hydrogen (secondary N) is 1. The molecule has 1 saturated heterocycles. The average Bonchev–Trinajstić information content (AvgIpc) is 3.46. The third-order valence-corrected chi connectivity index (χ3v) is 5.34. The Bertz CT molecular complexity index is 1140.